The highest BCUT2D eigenvalue weighted by molar-refractivity contribution is 6.30. The van der Waals surface area contributed by atoms with Crippen molar-refractivity contribution in [3.63, 3.8) is 0 Å². The van der Waals surface area contributed by atoms with Gasteiger partial charge in [-0.05, 0) is 36.8 Å². The SMILES string of the molecule is Cc1ccc(OC(c2ccc(Cl)c(F)c2)C2CNC2)cc1.Cl. The smallest absolute Gasteiger partial charge is 0.142 e. The molecule has 3 rings (SSSR count). The minimum absolute atomic E-state index is 0. The molecule has 1 N–H and O–H groups in total. The lowest BCUT2D eigenvalue weighted by atomic mass is 9.90. The molecule has 2 nitrogen and oxygen atoms in total. The Morgan fingerprint density at radius 1 is 1.18 bits per heavy atom. The molecule has 1 unspecified atom stereocenters. The predicted molar refractivity (Wildman–Crippen MR) is 89.6 cm³/mol. The van der Waals surface area contributed by atoms with Crippen LogP contribution in [0.25, 0.3) is 0 Å². The normalized spacial score (nSPS) is 15.6. The Morgan fingerprint density at radius 3 is 2.41 bits per heavy atom. The molecule has 0 saturated carbocycles. The van der Waals surface area contributed by atoms with E-state index in [1.54, 1.807) is 6.07 Å². The maximum atomic E-state index is 13.7. The number of ether oxygens (including phenoxy) is 1. The predicted octanol–water partition coefficient (Wildman–Crippen LogP) is 4.55. The maximum Gasteiger partial charge on any atom is 0.142 e. The Labute approximate surface area is 141 Å². The van der Waals surface area contributed by atoms with Crippen molar-refractivity contribution in [2.24, 2.45) is 5.92 Å². The molecule has 0 aromatic heterocycles. The lowest BCUT2D eigenvalue weighted by molar-refractivity contribution is 0.0990. The summed E-state index contributed by atoms with van der Waals surface area (Å²) in [6.45, 7) is 3.78. The Kier molecular flexibility index (Phi) is 5.68. The van der Waals surface area contributed by atoms with E-state index in [4.69, 9.17) is 16.3 Å². The van der Waals surface area contributed by atoms with Crippen molar-refractivity contribution in [2.45, 2.75) is 13.0 Å². The third-order valence-electron chi connectivity index (χ3n) is 3.80. The summed E-state index contributed by atoms with van der Waals surface area (Å²) in [6, 6.07) is 12.8. The lowest BCUT2D eigenvalue weighted by Gasteiger charge is -2.35. The van der Waals surface area contributed by atoms with E-state index in [-0.39, 0.29) is 23.5 Å². The van der Waals surface area contributed by atoms with Crippen molar-refractivity contribution in [1.29, 1.82) is 0 Å². The van der Waals surface area contributed by atoms with E-state index in [9.17, 15) is 4.39 Å². The van der Waals surface area contributed by atoms with Crippen LogP contribution in [0.1, 0.15) is 17.2 Å². The van der Waals surface area contributed by atoms with E-state index >= 15 is 0 Å². The Hall–Kier alpha value is -1.29. The first-order chi connectivity index (χ1) is 10.1. The zero-order valence-corrected chi connectivity index (χ0v) is 13.8. The topological polar surface area (TPSA) is 21.3 Å². The molecule has 22 heavy (non-hydrogen) atoms. The van der Waals surface area contributed by atoms with Crippen LogP contribution >= 0.6 is 24.0 Å². The van der Waals surface area contributed by atoms with Gasteiger partial charge in [-0.15, -0.1) is 12.4 Å². The molecular formula is C17H18Cl2FNO. The number of nitrogens with one attached hydrogen (secondary N) is 1. The van der Waals surface area contributed by atoms with Crippen LogP contribution in [-0.4, -0.2) is 13.1 Å². The van der Waals surface area contributed by atoms with Crippen molar-refractivity contribution in [1.82, 2.24) is 5.32 Å². The minimum Gasteiger partial charge on any atom is -0.485 e. The van der Waals surface area contributed by atoms with Crippen molar-refractivity contribution < 1.29 is 9.13 Å². The van der Waals surface area contributed by atoms with Gasteiger partial charge in [0, 0.05) is 19.0 Å². The van der Waals surface area contributed by atoms with Gasteiger partial charge in [0.05, 0.1) is 5.02 Å². The van der Waals surface area contributed by atoms with Crippen molar-refractivity contribution in [2.75, 3.05) is 13.1 Å². The standard InChI is InChI=1S/C17H17ClFNO.ClH/c1-11-2-5-14(6-3-11)21-17(13-9-20-10-13)12-4-7-15(18)16(19)8-12;/h2-8,13,17,20H,9-10H2,1H3;1H. The monoisotopic (exact) mass is 341 g/mol. The number of hydrogen-bond acceptors (Lipinski definition) is 2. The number of rotatable bonds is 4. The van der Waals surface area contributed by atoms with E-state index in [2.05, 4.69) is 5.32 Å². The Morgan fingerprint density at radius 2 is 1.86 bits per heavy atom. The third-order valence-corrected chi connectivity index (χ3v) is 4.10. The average Bonchev–Trinajstić information content (AvgIpc) is 2.41. The number of halogens is 3. The molecule has 2 aromatic carbocycles. The second-order valence-electron chi connectivity index (χ2n) is 5.44. The minimum atomic E-state index is -0.404. The van der Waals surface area contributed by atoms with E-state index in [0.717, 1.165) is 24.4 Å². The first kappa shape index (κ1) is 17.1. The van der Waals surface area contributed by atoms with Crippen molar-refractivity contribution in [3.8, 4) is 5.75 Å². The summed E-state index contributed by atoms with van der Waals surface area (Å²) in [4.78, 5) is 0. The van der Waals surface area contributed by atoms with Gasteiger partial charge in [-0.2, -0.15) is 0 Å². The number of hydrogen-bond donors (Lipinski definition) is 1. The van der Waals surface area contributed by atoms with E-state index in [1.807, 2.05) is 37.3 Å². The summed E-state index contributed by atoms with van der Waals surface area (Å²) in [6.07, 6.45) is -0.166. The van der Waals surface area contributed by atoms with Crippen LogP contribution < -0.4 is 10.1 Å². The highest BCUT2D eigenvalue weighted by Gasteiger charge is 2.30. The molecule has 1 fully saturated rings. The fourth-order valence-electron chi connectivity index (χ4n) is 2.41. The molecule has 0 bridgehead atoms. The summed E-state index contributed by atoms with van der Waals surface area (Å²) < 4.78 is 19.8. The summed E-state index contributed by atoms with van der Waals surface area (Å²) in [5.41, 5.74) is 2.01. The highest BCUT2D eigenvalue weighted by Crippen LogP contribution is 2.32. The van der Waals surface area contributed by atoms with Gasteiger partial charge in [0.15, 0.2) is 0 Å². The van der Waals surface area contributed by atoms with Gasteiger partial charge < -0.3 is 10.1 Å². The summed E-state index contributed by atoms with van der Waals surface area (Å²) in [7, 11) is 0. The molecule has 0 amide bonds. The van der Waals surface area contributed by atoms with E-state index in [1.165, 1.54) is 11.6 Å². The maximum absolute atomic E-state index is 13.7. The third kappa shape index (κ3) is 3.72. The summed E-state index contributed by atoms with van der Waals surface area (Å²) >= 11 is 5.76. The van der Waals surface area contributed by atoms with Crippen LogP contribution in [0.15, 0.2) is 42.5 Å². The van der Waals surface area contributed by atoms with Crippen LogP contribution in [0.3, 0.4) is 0 Å². The molecule has 1 aliphatic rings. The first-order valence-electron chi connectivity index (χ1n) is 7.02. The fourth-order valence-corrected chi connectivity index (χ4v) is 2.53. The quantitative estimate of drug-likeness (QED) is 0.880. The highest BCUT2D eigenvalue weighted by atomic mass is 35.5. The van der Waals surface area contributed by atoms with Crippen molar-refractivity contribution >= 4 is 24.0 Å². The van der Waals surface area contributed by atoms with Gasteiger partial charge >= 0.3 is 0 Å². The summed E-state index contributed by atoms with van der Waals surface area (Å²) in [5.74, 6) is 0.735. The van der Waals surface area contributed by atoms with Gasteiger partial charge in [-0.3, -0.25) is 0 Å². The zero-order valence-electron chi connectivity index (χ0n) is 12.2. The Balaban J connectivity index is 0.00000176. The van der Waals surface area contributed by atoms with Crippen molar-refractivity contribution in [3.05, 3.63) is 64.4 Å². The molecule has 1 heterocycles. The fraction of sp³-hybridized carbons (Fsp3) is 0.294. The zero-order chi connectivity index (χ0) is 14.8. The van der Waals surface area contributed by atoms with E-state index in [0.29, 0.717) is 5.92 Å². The van der Waals surface area contributed by atoms with Gasteiger partial charge in [0.25, 0.3) is 0 Å². The lowest BCUT2D eigenvalue weighted by Crippen LogP contribution is -2.46. The molecule has 0 aliphatic carbocycles. The molecule has 1 aliphatic heterocycles. The molecule has 0 radical (unpaired) electrons. The van der Waals surface area contributed by atoms with Crippen LogP contribution in [0, 0.1) is 18.7 Å². The van der Waals surface area contributed by atoms with Gasteiger partial charge in [-0.1, -0.05) is 35.4 Å². The second-order valence-corrected chi connectivity index (χ2v) is 5.85. The number of aryl methyl sites for hydroxylation is 1. The van der Waals surface area contributed by atoms with Gasteiger partial charge in [0.1, 0.15) is 17.7 Å². The first-order valence-corrected chi connectivity index (χ1v) is 7.40. The van der Waals surface area contributed by atoms with Crippen LogP contribution in [0.2, 0.25) is 5.02 Å². The van der Waals surface area contributed by atoms with Gasteiger partial charge in [0.2, 0.25) is 0 Å². The largest absolute Gasteiger partial charge is 0.485 e. The summed E-state index contributed by atoms with van der Waals surface area (Å²) in [5, 5.41) is 3.37. The second kappa shape index (κ2) is 7.32. The molecular weight excluding hydrogens is 324 g/mol. The molecule has 118 valence electrons. The van der Waals surface area contributed by atoms with Gasteiger partial charge in [-0.25, -0.2) is 4.39 Å². The van der Waals surface area contributed by atoms with Crippen LogP contribution in [-0.2, 0) is 0 Å². The Bertz CT molecular complexity index is 629. The van der Waals surface area contributed by atoms with Crippen LogP contribution in [0.5, 0.6) is 5.75 Å². The van der Waals surface area contributed by atoms with E-state index < -0.39 is 5.82 Å². The molecule has 0 spiro atoms. The number of benzene rings is 2. The molecule has 2 aromatic rings. The molecule has 1 saturated heterocycles. The average molecular weight is 342 g/mol. The van der Waals surface area contributed by atoms with Crippen LogP contribution in [0.4, 0.5) is 4.39 Å². The molecule has 5 heteroatoms. The molecule has 1 atom stereocenters.